The van der Waals surface area contributed by atoms with E-state index in [-0.39, 0.29) is 30.0 Å². The van der Waals surface area contributed by atoms with E-state index in [9.17, 15) is 14.4 Å². The molecule has 1 saturated carbocycles. The molecule has 9 heteroatoms. The van der Waals surface area contributed by atoms with Crippen LogP contribution in [0.1, 0.15) is 28.3 Å². The van der Waals surface area contributed by atoms with Crippen molar-refractivity contribution in [3.05, 3.63) is 40.3 Å². The number of rotatable bonds is 9. The van der Waals surface area contributed by atoms with Gasteiger partial charge in [-0.05, 0) is 25.0 Å². The number of carboxylic acid groups (broad SMARTS) is 1. The number of thiazole rings is 1. The largest absolute Gasteiger partial charge is 0.484 e. The Morgan fingerprint density at radius 3 is 2.81 bits per heavy atom. The van der Waals surface area contributed by atoms with Crippen molar-refractivity contribution < 1.29 is 24.2 Å². The lowest BCUT2D eigenvalue weighted by Gasteiger charge is -2.09. The van der Waals surface area contributed by atoms with Gasteiger partial charge in [0, 0.05) is 36.0 Å². The van der Waals surface area contributed by atoms with Crippen molar-refractivity contribution in [3.63, 3.8) is 0 Å². The maximum absolute atomic E-state index is 11.9. The highest BCUT2D eigenvalue weighted by Crippen LogP contribution is 2.30. The van der Waals surface area contributed by atoms with Gasteiger partial charge in [-0.15, -0.1) is 11.3 Å². The van der Waals surface area contributed by atoms with Crippen molar-refractivity contribution in [2.24, 2.45) is 5.92 Å². The first-order valence-corrected chi connectivity index (χ1v) is 9.37. The molecule has 1 heterocycles. The zero-order valence-corrected chi connectivity index (χ0v) is 15.3. The summed E-state index contributed by atoms with van der Waals surface area (Å²) in [6.07, 6.45) is 2.31. The SMILES string of the molecule is O=C(COc1cccc(NC(=O)C2CC2)c1)NCCc1nc(C(=O)O)cs1. The fourth-order valence-electron chi connectivity index (χ4n) is 2.29. The molecule has 0 radical (unpaired) electrons. The third kappa shape index (κ3) is 5.78. The fourth-order valence-corrected chi connectivity index (χ4v) is 3.06. The number of anilines is 1. The molecule has 0 spiro atoms. The smallest absolute Gasteiger partial charge is 0.355 e. The number of carbonyl (C=O) groups is 3. The second kappa shape index (κ2) is 8.63. The number of carboxylic acids is 1. The molecule has 3 N–H and O–H groups in total. The van der Waals surface area contributed by atoms with Crippen LogP contribution in [0, 0.1) is 5.92 Å². The van der Waals surface area contributed by atoms with Gasteiger partial charge in [-0.1, -0.05) is 6.07 Å². The molecule has 1 aliphatic rings. The average molecular weight is 389 g/mol. The third-order valence-electron chi connectivity index (χ3n) is 3.85. The van der Waals surface area contributed by atoms with E-state index >= 15 is 0 Å². The van der Waals surface area contributed by atoms with Gasteiger partial charge >= 0.3 is 5.97 Å². The zero-order chi connectivity index (χ0) is 19.2. The van der Waals surface area contributed by atoms with E-state index in [0.717, 1.165) is 12.8 Å². The van der Waals surface area contributed by atoms with Crippen molar-refractivity contribution in [3.8, 4) is 5.75 Å². The number of ether oxygens (including phenoxy) is 1. The minimum absolute atomic E-state index is 0.0122. The van der Waals surface area contributed by atoms with Gasteiger partial charge in [0.1, 0.15) is 5.75 Å². The number of aromatic carboxylic acids is 1. The van der Waals surface area contributed by atoms with Gasteiger partial charge in [0.05, 0.1) is 5.01 Å². The second-order valence-electron chi connectivity index (χ2n) is 6.11. The molecular weight excluding hydrogens is 370 g/mol. The number of carbonyl (C=O) groups excluding carboxylic acids is 2. The van der Waals surface area contributed by atoms with Gasteiger partial charge in [-0.25, -0.2) is 9.78 Å². The van der Waals surface area contributed by atoms with E-state index in [1.54, 1.807) is 24.3 Å². The topological polar surface area (TPSA) is 118 Å². The van der Waals surface area contributed by atoms with E-state index in [1.165, 1.54) is 16.7 Å². The number of hydrogen-bond donors (Lipinski definition) is 3. The number of benzene rings is 1. The van der Waals surface area contributed by atoms with Crippen molar-refractivity contribution >= 4 is 34.8 Å². The Labute approximate surface area is 159 Å². The Bertz CT molecular complexity index is 847. The van der Waals surface area contributed by atoms with Crippen LogP contribution in [-0.4, -0.2) is 41.0 Å². The minimum Gasteiger partial charge on any atom is -0.484 e. The monoisotopic (exact) mass is 389 g/mol. The van der Waals surface area contributed by atoms with E-state index in [1.807, 2.05) is 0 Å². The molecule has 0 aliphatic heterocycles. The summed E-state index contributed by atoms with van der Waals surface area (Å²) in [5, 5.41) is 16.5. The van der Waals surface area contributed by atoms with Crippen LogP contribution in [0.4, 0.5) is 5.69 Å². The Hall–Kier alpha value is -2.94. The molecule has 0 unspecified atom stereocenters. The Kier molecular flexibility index (Phi) is 6.02. The third-order valence-corrected chi connectivity index (χ3v) is 4.76. The van der Waals surface area contributed by atoms with Crippen LogP contribution in [-0.2, 0) is 16.0 Å². The van der Waals surface area contributed by atoms with Gasteiger partial charge in [-0.2, -0.15) is 0 Å². The maximum Gasteiger partial charge on any atom is 0.355 e. The summed E-state index contributed by atoms with van der Waals surface area (Å²) >= 11 is 1.24. The number of hydrogen-bond acceptors (Lipinski definition) is 6. The van der Waals surface area contributed by atoms with Crippen LogP contribution in [0.25, 0.3) is 0 Å². The highest BCUT2D eigenvalue weighted by atomic mass is 32.1. The highest BCUT2D eigenvalue weighted by Gasteiger charge is 2.29. The summed E-state index contributed by atoms with van der Waals surface area (Å²) in [6.45, 7) is 0.185. The van der Waals surface area contributed by atoms with Crippen molar-refractivity contribution in [1.29, 1.82) is 0 Å². The summed E-state index contributed by atoms with van der Waals surface area (Å²) < 4.78 is 5.45. The Morgan fingerprint density at radius 2 is 2.11 bits per heavy atom. The molecule has 1 fully saturated rings. The predicted octanol–water partition coefficient (Wildman–Crippen LogP) is 1.93. The first kappa shape index (κ1) is 18.8. The van der Waals surface area contributed by atoms with Crippen LogP contribution in [0.2, 0.25) is 0 Å². The van der Waals surface area contributed by atoms with E-state index < -0.39 is 5.97 Å². The van der Waals surface area contributed by atoms with Gasteiger partial charge in [0.25, 0.3) is 5.91 Å². The molecule has 2 aromatic rings. The minimum atomic E-state index is -1.06. The lowest BCUT2D eigenvalue weighted by Crippen LogP contribution is -2.30. The molecule has 0 atom stereocenters. The van der Waals surface area contributed by atoms with E-state index in [2.05, 4.69) is 15.6 Å². The van der Waals surface area contributed by atoms with Crippen molar-refractivity contribution in [2.75, 3.05) is 18.5 Å². The summed E-state index contributed by atoms with van der Waals surface area (Å²) in [4.78, 5) is 38.4. The molecule has 0 saturated heterocycles. The number of amides is 2. The zero-order valence-electron chi connectivity index (χ0n) is 14.4. The van der Waals surface area contributed by atoms with Crippen LogP contribution in [0.5, 0.6) is 5.75 Å². The number of nitrogens with one attached hydrogen (secondary N) is 2. The van der Waals surface area contributed by atoms with Gasteiger partial charge in [0.15, 0.2) is 12.3 Å². The molecule has 3 rings (SSSR count). The Balaban J connectivity index is 1.39. The lowest BCUT2D eigenvalue weighted by molar-refractivity contribution is -0.123. The molecule has 8 nitrogen and oxygen atoms in total. The fraction of sp³-hybridized carbons (Fsp3) is 0.333. The molecule has 2 amide bonds. The predicted molar refractivity (Wildman–Crippen MR) is 99.1 cm³/mol. The number of aromatic nitrogens is 1. The molecule has 1 aromatic carbocycles. The van der Waals surface area contributed by atoms with Gasteiger partial charge in [0.2, 0.25) is 5.91 Å². The molecule has 1 aromatic heterocycles. The maximum atomic E-state index is 11.9. The van der Waals surface area contributed by atoms with Gasteiger partial charge in [-0.3, -0.25) is 9.59 Å². The molecule has 142 valence electrons. The van der Waals surface area contributed by atoms with Crippen molar-refractivity contribution in [1.82, 2.24) is 10.3 Å². The summed E-state index contributed by atoms with van der Waals surface area (Å²) in [7, 11) is 0. The first-order chi connectivity index (χ1) is 13.0. The van der Waals surface area contributed by atoms with Crippen LogP contribution >= 0.6 is 11.3 Å². The van der Waals surface area contributed by atoms with Crippen LogP contribution in [0.3, 0.4) is 0 Å². The first-order valence-electron chi connectivity index (χ1n) is 8.49. The van der Waals surface area contributed by atoms with Gasteiger partial charge < -0.3 is 20.5 Å². The number of nitrogens with zero attached hydrogens (tertiary/aromatic N) is 1. The Morgan fingerprint density at radius 1 is 1.30 bits per heavy atom. The summed E-state index contributed by atoms with van der Waals surface area (Å²) in [5.74, 6) is -0.740. The van der Waals surface area contributed by atoms with E-state index in [4.69, 9.17) is 9.84 Å². The molecule has 1 aliphatic carbocycles. The van der Waals surface area contributed by atoms with Crippen LogP contribution < -0.4 is 15.4 Å². The average Bonchev–Trinajstić information content (AvgIpc) is 3.39. The van der Waals surface area contributed by atoms with E-state index in [0.29, 0.717) is 29.4 Å². The normalized spacial score (nSPS) is 13.0. The molecular formula is C18H19N3O5S. The summed E-state index contributed by atoms with van der Waals surface area (Å²) in [5.41, 5.74) is 0.654. The highest BCUT2D eigenvalue weighted by molar-refractivity contribution is 7.09. The van der Waals surface area contributed by atoms with Crippen molar-refractivity contribution in [2.45, 2.75) is 19.3 Å². The quantitative estimate of drug-likeness (QED) is 0.603. The second-order valence-corrected chi connectivity index (χ2v) is 7.05. The standard InChI is InChI=1S/C18H19N3O5S/c22-15(19-7-6-16-21-14(10-27-16)18(24)25)9-26-13-3-1-2-12(8-13)20-17(23)11-4-5-11/h1-3,8,10-11H,4-7,9H2,(H,19,22)(H,20,23)(H,24,25). The van der Waals surface area contributed by atoms with Crippen LogP contribution in [0.15, 0.2) is 29.6 Å². The lowest BCUT2D eigenvalue weighted by atomic mass is 10.3. The summed E-state index contributed by atoms with van der Waals surface area (Å²) in [6, 6.07) is 6.91. The molecule has 0 bridgehead atoms. The molecule has 27 heavy (non-hydrogen) atoms.